The Balaban J connectivity index is 2.38. The Morgan fingerprint density at radius 2 is 2.15 bits per heavy atom. The Hall–Kier alpha value is -0.300. The van der Waals surface area contributed by atoms with Crippen molar-refractivity contribution in [2.24, 2.45) is 0 Å². The predicted octanol–water partition coefficient (Wildman–Crippen LogP) is 3.22. The molecule has 0 saturated carbocycles. The summed E-state index contributed by atoms with van der Waals surface area (Å²) < 4.78 is 0. The van der Waals surface area contributed by atoms with E-state index in [1.54, 1.807) is 5.57 Å². The van der Waals surface area contributed by atoms with Crippen molar-refractivity contribution in [2.45, 2.75) is 52.5 Å². The highest BCUT2D eigenvalue weighted by Crippen LogP contribution is 2.16. The maximum Gasteiger partial charge on any atom is 0.00388 e. The van der Waals surface area contributed by atoms with Crippen LogP contribution in [0.25, 0.3) is 0 Å². The van der Waals surface area contributed by atoms with Gasteiger partial charge in [0.2, 0.25) is 0 Å². The van der Waals surface area contributed by atoms with Gasteiger partial charge >= 0.3 is 0 Å². The third-order valence-corrected chi connectivity index (χ3v) is 2.87. The second-order valence-electron chi connectivity index (χ2n) is 4.28. The van der Waals surface area contributed by atoms with Gasteiger partial charge in [-0.15, -0.1) is 0 Å². The minimum absolute atomic E-state index is 0.717. The molecule has 0 bridgehead atoms. The summed E-state index contributed by atoms with van der Waals surface area (Å²) in [7, 11) is 0. The van der Waals surface area contributed by atoms with Crippen LogP contribution in [0, 0.1) is 0 Å². The van der Waals surface area contributed by atoms with Crippen LogP contribution in [0.2, 0.25) is 0 Å². The molecule has 76 valence electrons. The fourth-order valence-electron chi connectivity index (χ4n) is 2.00. The lowest BCUT2D eigenvalue weighted by Gasteiger charge is -2.24. The third-order valence-electron chi connectivity index (χ3n) is 2.87. The van der Waals surface area contributed by atoms with Gasteiger partial charge in [0, 0.05) is 19.1 Å². The van der Waals surface area contributed by atoms with E-state index in [9.17, 15) is 0 Å². The summed E-state index contributed by atoms with van der Waals surface area (Å²) in [5.74, 6) is 0. The Morgan fingerprint density at radius 3 is 2.77 bits per heavy atom. The van der Waals surface area contributed by atoms with Crippen LogP contribution in [0.4, 0.5) is 0 Å². The van der Waals surface area contributed by atoms with Gasteiger partial charge in [-0.1, -0.05) is 25.0 Å². The molecule has 0 fully saturated rings. The topological polar surface area (TPSA) is 3.24 Å². The van der Waals surface area contributed by atoms with Crippen molar-refractivity contribution in [3.05, 3.63) is 11.6 Å². The molecule has 0 aliphatic carbocycles. The van der Waals surface area contributed by atoms with Crippen molar-refractivity contribution in [1.29, 1.82) is 0 Å². The second kappa shape index (κ2) is 5.43. The molecule has 1 nitrogen and oxygen atoms in total. The van der Waals surface area contributed by atoms with E-state index in [1.807, 2.05) is 0 Å². The fourth-order valence-corrected chi connectivity index (χ4v) is 2.00. The standard InChI is InChI=1S/C12H23N/c1-4-6-12-7-5-9-13(10-8-12)11(2)3/h7,11H,4-6,8-10H2,1-3H3. The number of nitrogens with zero attached hydrogens (tertiary/aromatic N) is 1. The van der Waals surface area contributed by atoms with E-state index >= 15 is 0 Å². The molecule has 1 heterocycles. The van der Waals surface area contributed by atoms with Crippen LogP contribution < -0.4 is 0 Å². The summed E-state index contributed by atoms with van der Waals surface area (Å²) >= 11 is 0. The third kappa shape index (κ3) is 3.51. The zero-order valence-corrected chi connectivity index (χ0v) is 9.34. The number of hydrogen-bond donors (Lipinski definition) is 0. The van der Waals surface area contributed by atoms with Gasteiger partial charge in [0.05, 0.1) is 0 Å². The minimum Gasteiger partial charge on any atom is -0.300 e. The van der Waals surface area contributed by atoms with E-state index in [1.165, 1.54) is 38.8 Å². The van der Waals surface area contributed by atoms with Crippen molar-refractivity contribution >= 4 is 0 Å². The maximum absolute atomic E-state index is 2.58. The van der Waals surface area contributed by atoms with E-state index < -0.39 is 0 Å². The summed E-state index contributed by atoms with van der Waals surface area (Å²) in [6.45, 7) is 9.38. The molecule has 0 amide bonds. The molecule has 1 aliphatic heterocycles. The van der Waals surface area contributed by atoms with Crippen LogP contribution in [-0.4, -0.2) is 24.0 Å². The van der Waals surface area contributed by atoms with Gasteiger partial charge < -0.3 is 4.90 Å². The van der Waals surface area contributed by atoms with Gasteiger partial charge in [-0.3, -0.25) is 0 Å². The van der Waals surface area contributed by atoms with Gasteiger partial charge in [-0.2, -0.15) is 0 Å². The molecule has 0 aromatic rings. The first-order chi connectivity index (χ1) is 6.24. The van der Waals surface area contributed by atoms with Gasteiger partial charge in [0.1, 0.15) is 0 Å². The van der Waals surface area contributed by atoms with E-state index in [4.69, 9.17) is 0 Å². The molecule has 0 radical (unpaired) electrons. The van der Waals surface area contributed by atoms with Crippen molar-refractivity contribution in [2.75, 3.05) is 13.1 Å². The summed E-state index contributed by atoms with van der Waals surface area (Å²) in [4.78, 5) is 2.58. The molecule has 0 unspecified atom stereocenters. The molecule has 0 N–H and O–H groups in total. The monoisotopic (exact) mass is 181 g/mol. The Labute approximate surface area is 82.8 Å². The first-order valence-corrected chi connectivity index (χ1v) is 5.66. The molecule has 1 heteroatoms. The van der Waals surface area contributed by atoms with Crippen LogP contribution in [0.5, 0.6) is 0 Å². The Bertz CT molecular complexity index is 170. The van der Waals surface area contributed by atoms with E-state index in [0.29, 0.717) is 0 Å². The predicted molar refractivity (Wildman–Crippen MR) is 58.9 cm³/mol. The van der Waals surface area contributed by atoms with Crippen molar-refractivity contribution in [3.8, 4) is 0 Å². The highest BCUT2D eigenvalue weighted by atomic mass is 15.1. The van der Waals surface area contributed by atoms with Gasteiger partial charge in [-0.25, -0.2) is 0 Å². The molecule has 0 aromatic carbocycles. The van der Waals surface area contributed by atoms with Gasteiger partial charge in [-0.05, 0) is 33.1 Å². The first-order valence-electron chi connectivity index (χ1n) is 5.66. The molecule has 13 heavy (non-hydrogen) atoms. The van der Waals surface area contributed by atoms with E-state index in [-0.39, 0.29) is 0 Å². The largest absolute Gasteiger partial charge is 0.300 e. The molecule has 0 spiro atoms. The quantitative estimate of drug-likeness (QED) is 0.604. The zero-order valence-electron chi connectivity index (χ0n) is 9.34. The SMILES string of the molecule is CCCC1=CCCN(C(C)C)CC1. The summed E-state index contributed by atoms with van der Waals surface area (Å²) in [6.07, 6.45) is 7.63. The summed E-state index contributed by atoms with van der Waals surface area (Å²) in [6, 6.07) is 0.717. The van der Waals surface area contributed by atoms with Crippen molar-refractivity contribution in [3.63, 3.8) is 0 Å². The normalized spacial score (nSPS) is 20.2. The van der Waals surface area contributed by atoms with Crippen LogP contribution in [-0.2, 0) is 0 Å². The van der Waals surface area contributed by atoms with Gasteiger partial charge in [0.15, 0.2) is 0 Å². The number of hydrogen-bond acceptors (Lipinski definition) is 1. The molecule has 0 aromatic heterocycles. The lowest BCUT2D eigenvalue weighted by molar-refractivity contribution is 0.233. The molecular weight excluding hydrogens is 158 g/mol. The first kappa shape index (κ1) is 10.8. The van der Waals surface area contributed by atoms with Crippen LogP contribution in [0.1, 0.15) is 46.5 Å². The molecular formula is C12H23N. The second-order valence-corrected chi connectivity index (χ2v) is 4.28. The van der Waals surface area contributed by atoms with Gasteiger partial charge in [0.25, 0.3) is 0 Å². The average molecular weight is 181 g/mol. The van der Waals surface area contributed by atoms with E-state index in [0.717, 1.165) is 6.04 Å². The number of rotatable bonds is 3. The fraction of sp³-hybridized carbons (Fsp3) is 0.833. The molecule has 1 rings (SSSR count). The van der Waals surface area contributed by atoms with Crippen molar-refractivity contribution < 1.29 is 0 Å². The molecule has 1 aliphatic rings. The van der Waals surface area contributed by atoms with Crippen LogP contribution in [0.3, 0.4) is 0 Å². The zero-order chi connectivity index (χ0) is 9.68. The van der Waals surface area contributed by atoms with E-state index in [2.05, 4.69) is 31.7 Å². The highest BCUT2D eigenvalue weighted by molar-refractivity contribution is 5.04. The highest BCUT2D eigenvalue weighted by Gasteiger charge is 2.11. The summed E-state index contributed by atoms with van der Waals surface area (Å²) in [5, 5.41) is 0. The smallest absolute Gasteiger partial charge is 0.00388 e. The average Bonchev–Trinajstić information content (AvgIpc) is 2.30. The maximum atomic E-state index is 2.58. The molecule has 0 atom stereocenters. The minimum atomic E-state index is 0.717. The Kier molecular flexibility index (Phi) is 4.51. The van der Waals surface area contributed by atoms with Crippen LogP contribution in [0.15, 0.2) is 11.6 Å². The summed E-state index contributed by atoms with van der Waals surface area (Å²) in [5.41, 5.74) is 1.69. The lowest BCUT2D eigenvalue weighted by Crippen LogP contribution is -2.31. The lowest BCUT2D eigenvalue weighted by atomic mass is 10.1. The van der Waals surface area contributed by atoms with Crippen LogP contribution >= 0.6 is 0 Å². The Morgan fingerprint density at radius 1 is 1.38 bits per heavy atom. The van der Waals surface area contributed by atoms with Crippen molar-refractivity contribution in [1.82, 2.24) is 4.90 Å². The molecule has 0 saturated heterocycles.